The van der Waals surface area contributed by atoms with E-state index in [2.05, 4.69) is 10.2 Å². The number of carbonyl (C=O) groups is 1. The predicted molar refractivity (Wildman–Crippen MR) is 117 cm³/mol. The van der Waals surface area contributed by atoms with Crippen LogP contribution in [0.2, 0.25) is 0 Å². The van der Waals surface area contributed by atoms with Gasteiger partial charge in [0.25, 0.3) is 0 Å². The zero-order valence-corrected chi connectivity index (χ0v) is 17.7. The molecule has 0 aliphatic carbocycles. The van der Waals surface area contributed by atoms with Gasteiger partial charge in [-0.2, -0.15) is 0 Å². The van der Waals surface area contributed by atoms with Crippen LogP contribution in [-0.2, 0) is 14.8 Å². The minimum Gasteiger partial charge on any atom is -0.372 e. The van der Waals surface area contributed by atoms with E-state index in [1.54, 1.807) is 18.2 Å². The second kappa shape index (κ2) is 8.87. The highest BCUT2D eigenvalue weighted by atomic mass is 32.2. The normalized spacial score (nSPS) is 14.1. The van der Waals surface area contributed by atoms with Crippen molar-refractivity contribution in [3.05, 3.63) is 48.5 Å². The third kappa shape index (κ3) is 5.20. The van der Waals surface area contributed by atoms with Gasteiger partial charge in [-0.25, -0.2) is 8.42 Å². The molecule has 1 saturated heterocycles. The number of nitrogens with one attached hydrogen (secondary N) is 1. The van der Waals surface area contributed by atoms with Crippen LogP contribution in [0.5, 0.6) is 0 Å². The van der Waals surface area contributed by atoms with Gasteiger partial charge in [0.2, 0.25) is 15.9 Å². The van der Waals surface area contributed by atoms with Crippen LogP contribution in [0.25, 0.3) is 0 Å². The lowest BCUT2D eigenvalue weighted by molar-refractivity contribution is -0.114. The predicted octanol–water partition coefficient (Wildman–Crippen LogP) is 3.41. The molecule has 1 aliphatic rings. The second-order valence-electron chi connectivity index (χ2n) is 6.76. The molecule has 1 amide bonds. The molecule has 1 fully saturated rings. The van der Waals surface area contributed by atoms with Crippen molar-refractivity contribution < 1.29 is 13.2 Å². The maximum atomic E-state index is 12.5. The number of anilines is 3. The first-order valence-corrected chi connectivity index (χ1v) is 12.2. The molecule has 28 heavy (non-hydrogen) atoms. The zero-order valence-electron chi connectivity index (χ0n) is 16.1. The monoisotopic (exact) mass is 419 g/mol. The molecule has 2 aromatic rings. The Morgan fingerprint density at radius 2 is 1.82 bits per heavy atom. The Hall–Kier alpha value is -2.19. The molecule has 0 unspecified atom stereocenters. The number of nitrogens with zero attached hydrogens (tertiary/aromatic N) is 2. The number of benzene rings is 2. The number of amides is 1. The summed E-state index contributed by atoms with van der Waals surface area (Å²) in [6, 6.07) is 14.8. The lowest BCUT2D eigenvalue weighted by Gasteiger charge is -2.22. The van der Waals surface area contributed by atoms with Crippen molar-refractivity contribution in [1.82, 2.24) is 0 Å². The third-order valence-electron chi connectivity index (χ3n) is 4.65. The van der Waals surface area contributed by atoms with E-state index < -0.39 is 10.0 Å². The van der Waals surface area contributed by atoms with E-state index >= 15 is 0 Å². The first-order valence-electron chi connectivity index (χ1n) is 9.13. The molecule has 2 aromatic carbocycles. The summed E-state index contributed by atoms with van der Waals surface area (Å²) in [5, 5.41) is 2.79. The topological polar surface area (TPSA) is 69.7 Å². The summed E-state index contributed by atoms with van der Waals surface area (Å²) in [5.41, 5.74) is 2.27. The van der Waals surface area contributed by atoms with Gasteiger partial charge >= 0.3 is 0 Å². The summed E-state index contributed by atoms with van der Waals surface area (Å²) in [5.74, 6) is -0.381. The number of thioether (sulfide) groups is 1. The molecule has 0 spiro atoms. The van der Waals surface area contributed by atoms with Gasteiger partial charge in [0, 0.05) is 29.4 Å². The van der Waals surface area contributed by atoms with Crippen LogP contribution < -0.4 is 14.5 Å². The molecular formula is C20H25N3O3S2. The molecule has 0 saturated carbocycles. The molecule has 0 bridgehead atoms. The van der Waals surface area contributed by atoms with Crippen molar-refractivity contribution in [2.45, 2.75) is 17.7 Å². The van der Waals surface area contributed by atoms with E-state index in [4.69, 9.17) is 0 Å². The van der Waals surface area contributed by atoms with Crippen LogP contribution >= 0.6 is 11.8 Å². The molecule has 0 atom stereocenters. The Kier molecular flexibility index (Phi) is 6.51. The third-order valence-corrected chi connectivity index (χ3v) is 6.52. The first-order chi connectivity index (χ1) is 13.4. The van der Waals surface area contributed by atoms with Crippen LogP contribution in [0.3, 0.4) is 0 Å². The smallest absolute Gasteiger partial charge is 0.245 e. The molecule has 8 heteroatoms. The van der Waals surface area contributed by atoms with E-state index in [-0.39, 0.29) is 12.5 Å². The SMILES string of the molecule is CSc1cccc(N(CC(=O)Nc2ccc(N3CCCC3)cc2)S(C)(=O)=O)c1. The van der Waals surface area contributed by atoms with E-state index in [1.165, 1.54) is 24.6 Å². The van der Waals surface area contributed by atoms with Gasteiger partial charge in [-0.15, -0.1) is 11.8 Å². The Bertz CT molecular complexity index is 924. The molecule has 0 radical (unpaired) electrons. The van der Waals surface area contributed by atoms with Crippen molar-refractivity contribution in [1.29, 1.82) is 0 Å². The largest absolute Gasteiger partial charge is 0.372 e. The first kappa shape index (κ1) is 20.5. The van der Waals surface area contributed by atoms with Gasteiger partial charge in [0.15, 0.2) is 0 Å². The number of carbonyl (C=O) groups excluding carboxylic acids is 1. The molecule has 1 heterocycles. The highest BCUT2D eigenvalue weighted by Crippen LogP contribution is 2.25. The van der Waals surface area contributed by atoms with Crippen LogP contribution in [-0.4, -0.2) is 46.5 Å². The van der Waals surface area contributed by atoms with Crippen molar-refractivity contribution in [3.8, 4) is 0 Å². The lowest BCUT2D eigenvalue weighted by Crippen LogP contribution is -2.37. The molecule has 6 nitrogen and oxygen atoms in total. The van der Waals surface area contributed by atoms with Gasteiger partial charge < -0.3 is 10.2 Å². The molecule has 1 aliphatic heterocycles. The van der Waals surface area contributed by atoms with Crippen LogP contribution in [0.1, 0.15) is 12.8 Å². The number of sulfonamides is 1. The van der Waals surface area contributed by atoms with E-state index in [0.717, 1.165) is 34.2 Å². The van der Waals surface area contributed by atoms with E-state index in [9.17, 15) is 13.2 Å². The van der Waals surface area contributed by atoms with Crippen LogP contribution in [0.15, 0.2) is 53.4 Å². The highest BCUT2D eigenvalue weighted by Gasteiger charge is 2.21. The fourth-order valence-electron chi connectivity index (χ4n) is 3.23. The average Bonchev–Trinajstić information content (AvgIpc) is 3.20. The fraction of sp³-hybridized carbons (Fsp3) is 0.350. The highest BCUT2D eigenvalue weighted by molar-refractivity contribution is 7.98. The molecule has 0 aromatic heterocycles. The number of hydrogen-bond acceptors (Lipinski definition) is 5. The summed E-state index contributed by atoms with van der Waals surface area (Å²) in [6.45, 7) is 1.85. The van der Waals surface area contributed by atoms with Crippen molar-refractivity contribution in [2.24, 2.45) is 0 Å². The molecule has 150 valence electrons. The number of rotatable bonds is 7. The lowest BCUT2D eigenvalue weighted by atomic mass is 10.2. The molecular weight excluding hydrogens is 394 g/mol. The van der Waals surface area contributed by atoms with Crippen LogP contribution in [0, 0.1) is 0 Å². The summed E-state index contributed by atoms with van der Waals surface area (Å²) in [7, 11) is -3.59. The maximum Gasteiger partial charge on any atom is 0.245 e. The second-order valence-corrected chi connectivity index (χ2v) is 9.55. The summed E-state index contributed by atoms with van der Waals surface area (Å²) in [4.78, 5) is 15.8. The summed E-state index contributed by atoms with van der Waals surface area (Å²) < 4.78 is 25.6. The van der Waals surface area contributed by atoms with Crippen molar-refractivity contribution in [2.75, 3.05) is 46.7 Å². The Morgan fingerprint density at radius 1 is 1.14 bits per heavy atom. The quantitative estimate of drug-likeness (QED) is 0.697. The van der Waals surface area contributed by atoms with Gasteiger partial charge in [-0.1, -0.05) is 6.07 Å². The van der Waals surface area contributed by atoms with E-state index in [1.807, 2.05) is 36.6 Å². The summed E-state index contributed by atoms with van der Waals surface area (Å²) in [6.07, 6.45) is 5.44. The average molecular weight is 420 g/mol. The Balaban J connectivity index is 1.70. The fourth-order valence-corrected chi connectivity index (χ4v) is 4.53. The summed E-state index contributed by atoms with van der Waals surface area (Å²) >= 11 is 1.52. The Morgan fingerprint density at radius 3 is 2.43 bits per heavy atom. The molecule has 3 rings (SSSR count). The van der Waals surface area contributed by atoms with Gasteiger partial charge in [-0.3, -0.25) is 9.10 Å². The van der Waals surface area contributed by atoms with Gasteiger partial charge in [0.1, 0.15) is 6.54 Å². The maximum absolute atomic E-state index is 12.5. The van der Waals surface area contributed by atoms with Crippen LogP contribution in [0.4, 0.5) is 17.1 Å². The van der Waals surface area contributed by atoms with E-state index in [0.29, 0.717) is 11.4 Å². The zero-order chi connectivity index (χ0) is 20.1. The van der Waals surface area contributed by atoms with Gasteiger partial charge in [0.05, 0.1) is 11.9 Å². The van der Waals surface area contributed by atoms with Crippen molar-refractivity contribution >= 4 is 44.8 Å². The standard InChI is InChI=1S/C20H25N3O3S2/c1-27-19-7-5-6-18(14-19)23(28(2,25)26)15-20(24)21-16-8-10-17(11-9-16)22-12-3-4-13-22/h5-11,14H,3-4,12-13,15H2,1-2H3,(H,21,24). The number of hydrogen-bond donors (Lipinski definition) is 1. The van der Waals surface area contributed by atoms with Crippen molar-refractivity contribution in [3.63, 3.8) is 0 Å². The molecule has 1 N–H and O–H groups in total. The minimum absolute atomic E-state index is 0.273. The Labute approximate surface area is 171 Å². The minimum atomic E-state index is -3.59. The van der Waals surface area contributed by atoms with Gasteiger partial charge in [-0.05, 0) is 61.6 Å².